The molecule has 176 valence electrons. The normalized spacial score (nSPS) is 25.0. The number of likely N-dealkylation sites (tertiary alicyclic amines) is 1. The van der Waals surface area contributed by atoms with Gasteiger partial charge in [-0.15, -0.1) is 10.2 Å². The van der Waals surface area contributed by atoms with Crippen molar-refractivity contribution in [2.24, 2.45) is 5.92 Å². The van der Waals surface area contributed by atoms with E-state index in [4.69, 9.17) is 9.47 Å². The maximum absolute atomic E-state index is 13.0. The topological polar surface area (TPSA) is 93.3 Å². The van der Waals surface area contributed by atoms with E-state index in [1.165, 1.54) is 6.42 Å². The lowest BCUT2D eigenvalue weighted by atomic mass is 9.80. The quantitative estimate of drug-likeness (QED) is 0.679. The van der Waals surface area contributed by atoms with Gasteiger partial charge in [0.2, 0.25) is 5.91 Å². The molecule has 0 radical (unpaired) electrons. The van der Waals surface area contributed by atoms with Crippen molar-refractivity contribution in [3.63, 3.8) is 0 Å². The third-order valence-corrected chi connectivity index (χ3v) is 7.82. The Hall–Kier alpha value is -3.34. The van der Waals surface area contributed by atoms with Crippen molar-refractivity contribution in [2.75, 3.05) is 13.1 Å². The summed E-state index contributed by atoms with van der Waals surface area (Å²) in [5.74, 6) is 1.59. The molecule has 8 nitrogen and oxygen atoms in total. The maximum Gasteiger partial charge on any atom is 0.260 e. The molecule has 3 aliphatic heterocycles. The molecule has 0 bridgehead atoms. The Morgan fingerprint density at radius 1 is 1.03 bits per heavy atom. The van der Waals surface area contributed by atoms with Crippen LogP contribution in [0.3, 0.4) is 0 Å². The number of aromatic nitrogens is 3. The molecule has 8 heteroatoms. The van der Waals surface area contributed by atoms with Crippen LogP contribution in [0.15, 0.2) is 30.7 Å². The van der Waals surface area contributed by atoms with Crippen molar-refractivity contribution in [1.29, 1.82) is 5.26 Å². The minimum Gasteiger partial charge on any atom is -0.456 e. The fraction of sp³-hybridized carbons (Fsp3) is 0.538. The van der Waals surface area contributed by atoms with Gasteiger partial charge < -0.3 is 14.4 Å². The van der Waals surface area contributed by atoms with E-state index in [2.05, 4.69) is 25.7 Å². The SMILES string of the molecule is N#Cc1ccc2c(c1)CC1(Cc3nnc(C4CCC(C(=O)N5CCCCC5)CC4)n3-2)OC=CO1. The van der Waals surface area contributed by atoms with Crippen molar-refractivity contribution in [3.05, 3.63) is 53.5 Å². The first-order chi connectivity index (χ1) is 16.7. The lowest BCUT2D eigenvalue weighted by Crippen LogP contribution is -2.40. The second-order valence-corrected chi connectivity index (χ2v) is 9.97. The van der Waals surface area contributed by atoms with E-state index >= 15 is 0 Å². The molecule has 1 aliphatic carbocycles. The van der Waals surface area contributed by atoms with Crippen molar-refractivity contribution in [2.45, 2.75) is 69.5 Å². The second-order valence-electron chi connectivity index (χ2n) is 9.97. The Morgan fingerprint density at radius 2 is 1.79 bits per heavy atom. The van der Waals surface area contributed by atoms with Gasteiger partial charge in [0.25, 0.3) is 5.79 Å². The molecule has 1 aromatic carbocycles. The van der Waals surface area contributed by atoms with Gasteiger partial charge in [0.1, 0.15) is 24.2 Å². The minimum absolute atomic E-state index is 0.126. The summed E-state index contributed by atoms with van der Waals surface area (Å²) in [4.78, 5) is 15.1. The van der Waals surface area contributed by atoms with Crippen LogP contribution in [0, 0.1) is 17.2 Å². The standard InChI is InChI=1S/C26H29N5O3/c27-17-18-4-9-22-21(14-18)15-26(33-12-13-34-26)16-23-28-29-24(31(22)23)19-5-7-20(8-6-19)25(32)30-10-2-1-3-11-30/h4,9,12-14,19-20H,1-3,5-8,10-11,15-16H2. The van der Waals surface area contributed by atoms with Crippen LogP contribution in [0.2, 0.25) is 0 Å². The summed E-state index contributed by atoms with van der Waals surface area (Å²) >= 11 is 0. The third-order valence-electron chi connectivity index (χ3n) is 7.82. The van der Waals surface area contributed by atoms with Crippen LogP contribution in [0.4, 0.5) is 0 Å². The number of nitriles is 1. The first kappa shape index (κ1) is 21.2. The van der Waals surface area contributed by atoms with E-state index < -0.39 is 5.79 Å². The van der Waals surface area contributed by atoms with Gasteiger partial charge in [-0.3, -0.25) is 9.36 Å². The number of nitrogens with zero attached hydrogens (tertiary/aromatic N) is 5. The smallest absolute Gasteiger partial charge is 0.260 e. The van der Waals surface area contributed by atoms with Crippen LogP contribution in [-0.2, 0) is 27.1 Å². The number of rotatable bonds is 2. The highest BCUT2D eigenvalue weighted by molar-refractivity contribution is 5.79. The van der Waals surface area contributed by atoms with E-state index in [1.807, 2.05) is 18.2 Å². The van der Waals surface area contributed by atoms with Gasteiger partial charge in [-0.2, -0.15) is 5.26 Å². The summed E-state index contributed by atoms with van der Waals surface area (Å²) in [5, 5.41) is 18.7. The average molecular weight is 460 g/mol. The van der Waals surface area contributed by atoms with E-state index in [-0.39, 0.29) is 11.8 Å². The maximum atomic E-state index is 13.0. The molecule has 1 spiro atoms. The molecule has 4 aliphatic rings. The molecule has 1 amide bonds. The highest BCUT2D eigenvalue weighted by Gasteiger charge is 2.43. The number of ether oxygens (including phenoxy) is 2. The van der Waals surface area contributed by atoms with Gasteiger partial charge in [0, 0.05) is 24.9 Å². The average Bonchev–Trinajstić information content (AvgIpc) is 3.48. The summed E-state index contributed by atoms with van der Waals surface area (Å²) in [5.41, 5.74) is 2.57. The predicted molar refractivity (Wildman–Crippen MR) is 123 cm³/mol. The zero-order valence-corrected chi connectivity index (χ0v) is 19.3. The van der Waals surface area contributed by atoms with Gasteiger partial charge in [-0.1, -0.05) is 0 Å². The summed E-state index contributed by atoms with van der Waals surface area (Å²) < 4.78 is 13.9. The Morgan fingerprint density at radius 3 is 2.53 bits per heavy atom. The molecule has 4 heterocycles. The Kier molecular flexibility index (Phi) is 5.28. The molecule has 6 rings (SSSR count). The molecule has 0 N–H and O–H groups in total. The second kappa shape index (κ2) is 8.46. The Labute approximate surface area is 199 Å². The van der Waals surface area contributed by atoms with Gasteiger partial charge >= 0.3 is 0 Å². The molecule has 1 saturated heterocycles. The summed E-state index contributed by atoms with van der Waals surface area (Å²) in [6.45, 7) is 1.83. The molecule has 34 heavy (non-hydrogen) atoms. The van der Waals surface area contributed by atoms with Crippen LogP contribution >= 0.6 is 0 Å². The zero-order chi connectivity index (χ0) is 23.1. The molecule has 2 aromatic rings. The molecule has 0 atom stereocenters. The summed E-state index contributed by atoms with van der Waals surface area (Å²) in [6, 6.07) is 7.98. The molecular formula is C26H29N5O3. The van der Waals surface area contributed by atoms with Crippen LogP contribution in [0.5, 0.6) is 0 Å². The largest absolute Gasteiger partial charge is 0.456 e. The van der Waals surface area contributed by atoms with E-state index in [0.29, 0.717) is 24.3 Å². The minimum atomic E-state index is -0.861. The van der Waals surface area contributed by atoms with E-state index in [0.717, 1.165) is 74.5 Å². The number of fused-ring (bicyclic) bond motifs is 3. The van der Waals surface area contributed by atoms with Crippen molar-refractivity contribution >= 4 is 5.91 Å². The molecular weight excluding hydrogens is 430 g/mol. The number of benzene rings is 1. The molecule has 1 aromatic heterocycles. The van der Waals surface area contributed by atoms with Crippen molar-refractivity contribution in [3.8, 4) is 11.8 Å². The lowest BCUT2D eigenvalue weighted by molar-refractivity contribution is -0.139. The Balaban J connectivity index is 1.28. The zero-order valence-electron chi connectivity index (χ0n) is 19.3. The van der Waals surface area contributed by atoms with E-state index in [1.54, 1.807) is 12.5 Å². The van der Waals surface area contributed by atoms with Gasteiger partial charge in [-0.25, -0.2) is 0 Å². The van der Waals surface area contributed by atoms with Crippen LogP contribution < -0.4 is 0 Å². The van der Waals surface area contributed by atoms with Gasteiger partial charge in [0.15, 0.2) is 0 Å². The number of amides is 1. The van der Waals surface area contributed by atoms with E-state index in [9.17, 15) is 10.1 Å². The number of carbonyl (C=O) groups excluding carboxylic acids is 1. The summed E-state index contributed by atoms with van der Waals surface area (Å²) in [7, 11) is 0. The number of piperidine rings is 1. The number of carbonyl (C=O) groups is 1. The van der Waals surface area contributed by atoms with Crippen molar-refractivity contribution < 1.29 is 14.3 Å². The summed E-state index contributed by atoms with van der Waals surface area (Å²) in [6.07, 6.45) is 11.3. The highest BCUT2D eigenvalue weighted by Crippen LogP contribution is 2.41. The van der Waals surface area contributed by atoms with Gasteiger partial charge in [-0.05, 0) is 68.7 Å². The fourth-order valence-electron chi connectivity index (χ4n) is 6.05. The highest BCUT2D eigenvalue weighted by atomic mass is 16.7. The molecule has 0 unspecified atom stereocenters. The lowest BCUT2D eigenvalue weighted by Gasteiger charge is -2.33. The number of hydrogen-bond acceptors (Lipinski definition) is 6. The fourth-order valence-corrected chi connectivity index (χ4v) is 6.05. The first-order valence-corrected chi connectivity index (χ1v) is 12.4. The van der Waals surface area contributed by atoms with Crippen LogP contribution in [0.25, 0.3) is 5.69 Å². The monoisotopic (exact) mass is 459 g/mol. The first-order valence-electron chi connectivity index (χ1n) is 12.4. The van der Waals surface area contributed by atoms with Gasteiger partial charge in [0.05, 0.1) is 30.2 Å². The third kappa shape index (κ3) is 3.64. The molecule has 2 fully saturated rings. The predicted octanol–water partition coefficient (Wildman–Crippen LogP) is 3.74. The molecule has 1 saturated carbocycles. The van der Waals surface area contributed by atoms with Crippen molar-refractivity contribution in [1.82, 2.24) is 19.7 Å². The van der Waals surface area contributed by atoms with Crippen LogP contribution in [-0.4, -0.2) is 44.4 Å². The number of hydrogen-bond donors (Lipinski definition) is 0. The Bertz CT molecular complexity index is 1160. The van der Waals surface area contributed by atoms with Crippen LogP contribution in [0.1, 0.15) is 73.6 Å².